The average molecular weight is 508 g/mol. The van der Waals surface area contributed by atoms with E-state index in [-0.39, 0.29) is 18.0 Å². The van der Waals surface area contributed by atoms with Crippen LogP contribution in [0.3, 0.4) is 0 Å². The Kier molecular flexibility index (Phi) is 7.97. The van der Waals surface area contributed by atoms with E-state index in [9.17, 15) is 18.0 Å². The molecule has 4 rings (SSSR count). The molecule has 1 fully saturated rings. The van der Waals surface area contributed by atoms with Gasteiger partial charge in [-0.25, -0.2) is 18.6 Å². The number of benzene rings is 2. The van der Waals surface area contributed by atoms with Crippen LogP contribution in [-0.4, -0.2) is 38.9 Å². The number of hydroxylamine groups is 2. The summed E-state index contributed by atoms with van der Waals surface area (Å²) in [6.07, 6.45) is 1.63. The number of alkyl halides is 3. The molecular formula is C25H25F5N4O2. The molecule has 0 aliphatic heterocycles. The van der Waals surface area contributed by atoms with Gasteiger partial charge >= 0.3 is 12.1 Å². The minimum absolute atomic E-state index is 0.0637. The van der Waals surface area contributed by atoms with Crippen LogP contribution < -0.4 is 0 Å². The molecular weight excluding hydrogens is 483 g/mol. The summed E-state index contributed by atoms with van der Waals surface area (Å²) < 4.78 is 68.5. The summed E-state index contributed by atoms with van der Waals surface area (Å²) in [5.74, 6) is -3.67. The van der Waals surface area contributed by atoms with Crippen molar-refractivity contribution >= 4 is 5.97 Å². The maximum absolute atomic E-state index is 15.0. The number of hydrogen-bond acceptors (Lipinski definition) is 5. The maximum atomic E-state index is 15.0. The lowest BCUT2D eigenvalue weighted by atomic mass is 9.87. The van der Waals surface area contributed by atoms with E-state index in [1.165, 1.54) is 6.33 Å². The third kappa shape index (κ3) is 6.45. The number of rotatable bonds is 8. The average Bonchev–Trinajstić information content (AvgIpc) is 3.40. The highest BCUT2D eigenvalue weighted by molar-refractivity contribution is 5.75. The van der Waals surface area contributed by atoms with Crippen molar-refractivity contribution in [3.05, 3.63) is 59.9 Å². The monoisotopic (exact) mass is 508 g/mol. The van der Waals surface area contributed by atoms with Gasteiger partial charge in [0.15, 0.2) is 5.82 Å². The quantitative estimate of drug-likeness (QED) is 0.289. The molecule has 0 unspecified atom stereocenters. The number of carbonyl (C=O) groups excluding carboxylic acids is 1. The van der Waals surface area contributed by atoms with Crippen molar-refractivity contribution in [1.29, 1.82) is 0 Å². The van der Waals surface area contributed by atoms with E-state index in [2.05, 4.69) is 20.0 Å². The molecule has 0 saturated heterocycles. The van der Waals surface area contributed by atoms with Crippen LogP contribution in [0.1, 0.15) is 44.1 Å². The molecule has 1 aliphatic rings. The van der Waals surface area contributed by atoms with E-state index in [0.29, 0.717) is 28.4 Å². The number of carbonyl (C=O) groups is 1. The van der Waals surface area contributed by atoms with Crippen LogP contribution in [0.15, 0.2) is 42.7 Å². The van der Waals surface area contributed by atoms with Crippen LogP contribution >= 0.6 is 0 Å². The molecule has 0 atom stereocenters. The summed E-state index contributed by atoms with van der Waals surface area (Å²) in [5.41, 5.74) is 0.876. The summed E-state index contributed by atoms with van der Waals surface area (Å²) >= 11 is 0. The fourth-order valence-corrected chi connectivity index (χ4v) is 4.41. The topological polar surface area (TPSA) is 71.1 Å². The van der Waals surface area contributed by atoms with Crippen LogP contribution in [0.25, 0.3) is 22.5 Å². The standard InChI is InChI=1S/C25H25F5N4O2/c26-21-12-19(17-7-4-8-18(11-17)23-31-15-32-33-23)13-22(27)20(21)14-34(36-24(35)25(28,29)30)10-9-16-5-2-1-3-6-16/h4,7-8,11-13,15-16H,1-3,5-6,9-10,14H2,(H,31,32,33). The van der Waals surface area contributed by atoms with E-state index in [1.807, 2.05) is 0 Å². The summed E-state index contributed by atoms with van der Waals surface area (Å²) in [6, 6.07) is 8.95. The predicted octanol–water partition coefficient (Wildman–Crippen LogP) is 6.21. The Labute approximate surface area is 204 Å². The summed E-state index contributed by atoms with van der Waals surface area (Å²) in [7, 11) is 0. The fraction of sp³-hybridized carbons (Fsp3) is 0.400. The minimum Gasteiger partial charge on any atom is -0.360 e. The highest BCUT2D eigenvalue weighted by atomic mass is 19.4. The van der Waals surface area contributed by atoms with Crippen LogP contribution in [-0.2, 0) is 16.2 Å². The zero-order chi connectivity index (χ0) is 25.7. The van der Waals surface area contributed by atoms with E-state index in [4.69, 9.17) is 0 Å². The Balaban J connectivity index is 1.54. The highest BCUT2D eigenvalue weighted by Crippen LogP contribution is 2.30. The first-order chi connectivity index (χ1) is 17.2. The first-order valence-corrected chi connectivity index (χ1v) is 11.7. The van der Waals surface area contributed by atoms with Crippen molar-refractivity contribution in [3.8, 4) is 22.5 Å². The molecule has 11 heteroatoms. The van der Waals surface area contributed by atoms with E-state index >= 15 is 8.78 Å². The second kappa shape index (κ2) is 11.2. The van der Waals surface area contributed by atoms with Gasteiger partial charge in [0.25, 0.3) is 0 Å². The molecule has 192 valence electrons. The van der Waals surface area contributed by atoms with Crippen LogP contribution in [0.2, 0.25) is 0 Å². The number of nitrogens with one attached hydrogen (secondary N) is 1. The van der Waals surface area contributed by atoms with Crippen molar-refractivity contribution in [1.82, 2.24) is 20.2 Å². The normalized spacial score (nSPS) is 14.8. The first kappa shape index (κ1) is 25.7. The SMILES string of the molecule is O=C(ON(CCC1CCCCC1)Cc1c(F)cc(-c2cccc(-c3nc[nH]n3)c2)cc1F)C(F)(F)F. The molecule has 6 nitrogen and oxygen atoms in total. The van der Waals surface area contributed by atoms with Gasteiger partial charge in [0.05, 0.1) is 6.54 Å². The van der Waals surface area contributed by atoms with Gasteiger partial charge in [-0.2, -0.15) is 18.3 Å². The highest BCUT2D eigenvalue weighted by Gasteiger charge is 2.42. The Hall–Kier alpha value is -3.34. The molecule has 0 spiro atoms. The minimum atomic E-state index is -5.22. The Morgan fingerprint density at radius 2 is 1.72 bits per heavy atom. The zero-order valence-electron chi connectivity index (χ0n) is 19.3. The molecule has 3 aromatic rings. The van der Waals surface area contributed by atoms with E-state index in [1.54, 1.807) is 24.3 Å². The van der Waals surface area contributed by atoms with E-state index in [0.717, 1.165) is 44.2 Å². The van der Waals surface area contributed by atoms with Crippen molar-refractivity contribution in [2.24, 2.45) is 5.92 Å². The molecule has 1 heterocycles. The molecule has 1 N–H and O–H groups in total. The molecule has 1 aromatic heterocycles. The largest absolute Gasteiger partial charge is 0.492 e. The van der Waals surface area contributed by atoms with Crippen molar-refractivity contribution < 1.29 is 31.6 Å². The predicted molar refractivity (Wildman–Crippen MR) is 121 cm³/mol. The van der Waals surface area contributed by atoms with E-state index < -0.39 is 35.9 Å². The van der Waals surface area contributed by atoms with Gasteiger partial charge in [0, 0.05) is 17.7 Å². The maximum Gasteiger partial charge on any atom is 0.492 e. The van der Waals surface area contributed by atoms with Gasteiger partial charge < -0.3 is 4.84 Å². The Bertz CT molecular complexity index is 1150. The lowest BCUT2D eigenvalue weighted by molar-refractivity contribution is -0.241. The molecule has 1 aliphatic carbocycles. The smallest absolute Gasteiger partial charge is 0.360 e. The van der Waals surface area contributed by atoms with Crippen molar-refractivity contribution in [3.63, 3.8) is 0 Å². The number of halogens is 5. The Morgan fingerprint density at radius 1 is 1.03 bits per heavy atom. The number of aromatic amines is 1. The van der Waals surface area contributed by atoms with Crippen LogP contribution in [0.5, 0.6) is 0 Å². The molecule has 0 bridgehead atoms. The number of H-pyrrole nitrogens is 1. The lowest BCUT2D eigenvalue weighted by Crippen LogP contribution is -2.36. The van der Waals surface area contributed by atoms with Gasteiger partial charge in [0.1, 0.15) is 18.0 Å². The number of aromatic nitrogens is 3. The van der Waals surface area contributed by atoms with Gasteiger partial charge in [0.2, 0.25) is 0 Å². The lowest BCUT2D eigenvalue weighted by Gasteiger charge is -2.26. The first-order valence-electron chi connectivity index (χ1n) is 11.7. The van der Waals surface area contributed by atoms with Crippen LogP contribution in [0.4, 0.5) is 22.0 Å². The summed E-state index contributed by atoms with van der Waals surface area (Å²) in [6.45, 7) is -0.713. The summed E-state index contributed by atoms with van der Waals surface area (Å²) in [5, 5.41) is 7.28. The van der Waals surface area contributed by atoms with Gasteiger partial charge in [-0.1, -0.05) is 50.3 Å². The van der Waals surface area contributed by atoms with Crippen molar-refractivity contribution in [2.75, 3.05) is 6.54 Å². The van der Waals surface area contributed by atoms with Crippen molar-refractivity contribution in [2.45, 2.75) is 51.2 Å². The molecule has 36 heavy (non-hydrogen) atoms. The fourth-order valence-electron chi connectivity index (χ4n) is 4.41. The third-order valence-electron chi connectivity index (χ3n) is 6.30. The van der Waals surface area contributed by atoms with Gasteiger partial charge in [-0.05, 0) is 41.7 Å². The summed E-state index contributed by atoms with van der Waals surface area (Å²) in [4.78, 5) is 20.0. The third-order valence-corrected chi connectivity index (χ3v) is 6.30. The number of hydrogen-bond donors (Lipinski definition) is 1. The second-order valence-corrected chi connectivity index (χ2v) is 8.85. The van der Waals surface area contributed by atoms with Crippen LogP contribution in [0, 0.1) is 17.6 Å². The Morgan fingerprint density at radius 3 is 2.36 bits per heavy atom. The molecule has 1 saturated carbocycles. The molecule has 0 radical (unpaired) electrons. The molecule has 2 aromatic carbocycles. The van der Waals surface area contributed by atoms with Gasteiger partial charge in [-0.15, -0.1) is 5.06 Å². The second-order valence-electron chi connectivity index (χ2n) is 8.85. The zero-order valence-corrected chi connectivity index (χ0v) is 19.3. The molecule has 0 amide bonds. The van der Waals surface area contributed by atoms with Gasteiger partial charge in [-0.3, -0.25) is 5.10 Å². The number of nitrogens with zero attached hydrogens (tertiary/aromatic N) is 3.